The second-order valence-electron chi connectivity index (χ2n) is 12.2. The molecular weight excluding hydrogens is 603 g/mol. The number of nitrogens with zero attached hydrogens (tertiary/aromatic N) is 6. The van der Waals surface area contributed by atoms with Crippen LogP contribution in [0.1, 0.15) is 66.7 Å². The molecule has 11 nitrogen and oxygen atoms in total. The summed E-state index contributed by atoms with van der Waals surface area (Å²) in [6.07, 6.45) is -1.01. The Hall–Kier alpha value is -4.59. The molecule has 2 atom stereocenters. The Bertz CT molecular complexity index is 1780. The molecule has 0 fully saturated rings. The van der Waals surface area contributed by atoms with Gasteiger partial charge in [-0.1, -0.05) is 32.0 Å². The van der Waals surface area contributed by atoms with Gasteiger partial charge < -0.3 is 19.9 Å². The fourth-order valence-electron chi connectivity index (χ4n) is 5.53. The number of hydrogen-bond acceptors (Lipinski definition) is 7. The van der Waals surface area contributed by atoms with Gasteiger partial charge in [-0.05, 0) is 63.4 Å². The minimum atomic E-state index is -4.77. The number of likely N-dealkylation sites (N-methyl/N-ethyl adjacent to an activating group) is 1. The van der Waals surface area contributed by atoms with E-state index in [4.69, 9.17) is 4.98 Å². The van der Waals surface area contributed by atoms with Crippen molar-refractivity contribution in [3.63, 3.8) is 0 Å². The van der Waals surface area contributed by atoms with E-state index in [0.717, 1.165) is 27.5 Å². The molecule has 2 N–H and O–H groups in total. The summed E-state index contributed by atoms with van der Waals surface area (Å²) in [5.74, 6) is -2.13. The summed E-state index contributed by atoms with van der Waals surface area (Å²) < 4.78 is 44.4. The van der Waals surface area contributed by atoms with Gasteiger partial charge in [0.25, 0.3) is 5.56 Å². The first kappa shape index (κ1) is 34.3. The number of fused-ring (bicyclic) bond motifs is 1. The molecule has 4 rings (SSSR count). The van der Waals surface area contributed by atoms with Crippen LogP contribution < -0.4 is 10.9 Å². The number of benzene rings is 1. The van der Waals surface area contributed by atoms with Crippen molar-refractivity contribution >= 4 is 17.5 Å². The molecule has 0 aliphatic rings. The number of aliphatic carboxylic acids is 1. The predicted octanol–water partition coefficient (Wildman–Crippen LogP) is 4.61. The minimum Gasteiger partial charge on any atom is -0.481 e. The number of carboxylic acids is 1. The number of aryl methyl sites for hydroxylation is 2. The Morgan fingerprint density at radius 1 is 1.11 bits per heavy atom. The lowest BCUT2D eigenvalue weighted by atomic mass is 9.99. The third-order valence-electron chi connectivity index (χ3n) is 7.70. The molecule has 246 valence electrons. The zero-order valence-corrected chi connectivity index (χ0v) is 26.6. The quantitative estimate of drug-likeness (QED) is 0.229. The standard InChI is InChI=1S/C32H38F3N7O4/c1-18(2)12-25(42-15-21(10-11-40(5)6)22(13-26(42)43)32(33,34)35)31(46)38-23(14-27(44)45)29-30-39-36-17-41(30)16-24(37-29)28-19(3)8-7-9-20(28)4/h7-9,13,15-18,23,25H,10-12,14H2,1-6H3,(H,38,46)(H,44,45)/t23-,25+/m1/s1. The van der Waals surface area contributed by atoms with E-state index in [0.29, 0.717) is 11.8 Å². The third-order valence-corrected chi connectivity index (χ3v) is 7.70. The third kappa shape index (κ3) is 7.79. The van der Waals surface area contributed by atoms with Crippen LogP contribution in [0.4, 0.5) is 13.2 Å². The van der Waals surface area contributed by atoms with Crippen LogP contribution in [0.3, 0.4) is 0 Å². The largest absolute Gasteiger partial charge is 0.481 e. The molecule has 3 heterocycles. The Labute approximate surface area is 264 Å². The average molecular weight is 642 g/mol. The number of carbonyl (C=O) groups is 2. The normalized spacial score (nSPS) is 13.4. The molecule has 0 aliphatic heterocycles. The van der Waals surface area contributed by atoms with Crippen molar-refractivity contribution in [2.45, 2.75) is 65.2 Å². The Balaban J connectivity index is 1.82. The first-order chi connectivity index (χ1) is 21.6. The number of amides is 1. The number of aromatic nitrogens is 5. The van der Waals surface area contributed by atoms with Crippen molar-refractivity contribution in [2.24, 2.45) is 5.92 Å². The lowest BCUT2D eigenvalue weighted by Gasteiger charge is -2.26. The number of nitrogens with one attached hydrogen (secondary N) is 1. The molecule has 1 amide bonds. The van der Waals surface area contributed by atoms with Gasteiger partial charge in [-0.15, -0.1) is 10.2 Å². The van der Waals surface area contributed by atoms with E-state index in [2.05, 4.69) is 15.5 Å². The Kier molecular flexibility index (Phi) is 10.3. The van der Waals surface area contributed by atoms with E-state index < -0.39 is 47.7 Å². The zero-order valence-electron chi connectivity index (χ0n) is 26.6. The second-order valence-corrected chi connectivity index (χ2v) is 12.2. The number of pyridine rings is 1. The monoisotopic (exact) mass is 641 g/mol. The van der Waals surface area contributed by atoms with Crippen molar-refractivity contribution in [3.8, 4) is 11.3 Å². The highest BCUT2D eigenvalue weighted by molar-refractivity contribution is 5.82. The lowest BCUT2D eigenvalue weighted by molar-refractivity contribution is -0.139. The molecule has 0 aliphatic carbocycles. The van der Waals surface area contributed by atoms with Crippen LogP contribution in [-0.4, -0.2) is 66.7 Å². The number of rotatable bonds is 12. The van der Waals surface area contributed by atoms with Crippen LogP contribution in [0, 0.1) is 19.8 Å². The van der Waals surface area contributed by atoms with Crippen molar-refractivity contribution in [2.75, 3.05) is 20.6 Å². The van der Waals surface area contributed by atoms with E-state index in [1.165, 1.54) is 6.33 Å². The van der Waals surface area contributed by atoms with Gasteiger partial charge in [0.05, 0.1) is 23.7 Å². The van der Waals surface area contributed by atoms with E-state index in [1.54, 1.807) is 29.6 Å². The van der Waals surface area contributed by atoms with Crippen LogP contribution in [0.5, 0.6) is 0 Å². The van der Waals surface area contributed by atoms with Crippen LogP contribution in [-0.2, 0) is 22.2 Å². The number of hydrogen-bond donors (Lipinski definition) is 2. The molecule has 0 unspecified atom stereocenters. The molecule has 0 radical (unpaired) electrons. The van der Waals surface area contributed by atoms with Gasteiger partial charge in [0, 0.05) is 30.6 Å². The second kappa shape index (κ2) is 13.8. The molecule has 0 saturated heterocycles. The molecule has 4 aromatic rings. The SMILES string of the molecule is Cc1cccc(C)c1-c1cn2cnnc2c([C@@H](CC(=O)O)NC(=O)[C@H](CC(C)C)n2cc(CCN(C)C)c(C(F)(F)F)cc2=O)n1. The Morgan fingerprint density at radius 2 is 1.78 bits per heavy atom. The summed E-state index contributed by atoms with van der Waals surface area (Å²) in [7, 11) is 3.44. The maximum atomic E-state index is 14.0. The molecule has 14 heteroatoms. The van der Waals surface area contributed by atoms with Crippen LogP contribution >= 0.6 is 0 Å². The topological polar surface area (TPSA) is 135 Å². The number of carbonyl (C=O) groups excluding carboxylic acids is 1. The van der Waals surface area contributed by atoms with Crippen LogP contribution in [0.25, 0.3) is 16.9 Å². The summed E-state index contributed by atoms with van der Waals surface area (Å²) in [4.78, 5) is 45.8. The van der Waals surface area contributed by atoms with E-state index in [1.807, 2.05) is 45.9 Å². The van der Waals surface area contributed by atoms with Gasteiger partial charge >= 0.3 is 12.1 Å². The molecule has 46 heavy (non-hydrogen) atoms. The van der Waals surface area contributed by atoms with E-state index >= 15 is 0 Å². The number of alkyl halides is 3. The highest BCUT2D eigenvalue weighted by Gasteiger charge is 2.36. The molecular formula is C32H38F3N7O4. The molecule has 0 bridgehead atoms. The van der Waals surface area contributed by atoms with Crippen molar-refractivity contribution in [1.29, 1.82) is 0 Å². The molecule has 0 spiro atoms. The smallest absolute Gasteiger partial charge is 0.416 e. The fraction of sp³-hybridized carbons (Fsp3) is 0.438. The minimum absolute atomic E-state index is 0.0142. The van der Waals surface area contributed by atoms with Crippen LogP contribution in [0.2, 0.25) is 0 Å². The maximum Gasteiger partial charge on any atom is 0.416 e. The summed E-state index contributed by atoms with van der Waals surface area (Å²) in [5.41, 5.74) is 1.36. The summed E-state index contributed by atoms with van der Waals surface area (Å²) >= 11 is 0. The highest BCUT2D eigenvalue weighted by Crippen LogP contribution is 2.33. The van der Waals surface area contributed by atoms with E-state index in [9.17, 15) is 32.7 Å². The van der Waals surface area contributed by atoms with Crippen LogP contribution in [0.15, 0.2) is 47.8 Å². The van der Waals surface area contributed by atoms with Gasteiger partial charge in [0.15, 0.2) is 5.65 Å². The molecule has 1 aromatic carbocycles. The Morgan fingerprint density at radius 3 is 2.37 bits per heavy atom. The predicted molar refractivity (Wildman–Crippen MR) is 165 cm³/mol. The summed E-state index contributed by atoms with van der Waals surface area (Å²) in [6.45, 7) is 7.74. The number of carboxylic acid groups (broad SMARTS) is 1. The highest BCUT2D eigenvalue weighted by atomic mass is 19.4. The van der Waals surface area contributed by atoms with Gasteiger partial charge in [0.2, 0.25) is 5.91 Å². The van der Waals surface area contributed by atoms with Gasteiger partial charge in [-0.2, -0.15) is 13.2 Å². The van der Waals surface area contributed by atoms with E-state index in [-0.39, 0.29) is 42.2 Å². The molecule has 0 saturated carbocycles. The fourth-order valence-corrected chi connectivity index (χ4v) is 5.53. The van der Waals surface area contributed by atoms with Gasteiger partial charge in [0.1, 0.15) is 18.1 Å². The number of halogens is 3. The van der Waals surface area contributed by atoms with Gasteiger partial charge in [-0.25, -0.2) is 4.98 Å². The van der Waals surface area contributed by atoms with Gasteiger partial charge in [-0.3, -0.25) is 18.8 Å². The first-order valence-corrected chi connectivity index (χ1v) is 14.8. The van der Waals surface area contributed by atoms with Crippen molar-refractivity contribution < 1.29 is 27.9 Å². The summed E-state index contributed by atoms with van der Waals surface area (Å²) in [5, 5.41) is 20.7. The maximum absolute atomic E-state index is 14.0. The molecule has 3 aromatic heterocycles. The van der Waals surface area contributed by atoms with Crippen molar-refractivity contribution in [1.82, 2.24) is 34.4 Å². The lowest BCUT2D eigenvalue weighted by Crippen LogP contribution is -2.41. The average Bonchev–Trinajstić information content (AvgIpc) is 3.42. The first-order valence-electron chi connectivity index (χ1n) is 14.8. The summed E-state index contributed by atoms with van der Waals surface area (Å²) in [6, 6.07) is 3.82. The van der Waals surface area contributed by atoms with Crippen molar-refractivity contribution in [3.05, 3.63) is 81.3 Å². The zero-order chi connectivity index (χ0) is 33.9.